The number of hydrogen-bond acceptors (Lipinski definition) is 4. The fraction of sp³-hybridized carbons (Fsp3) is 0.400. The molecule has 0 spiro atoms. The van der Waals surface area contributed by atoms with Gasteiger partial charge in [-0.25, -0.2) is 4.98 Å². The fourth-order valence-corrected chi connectivity index (χ4v) is 3.87. The molecule has 0 atom stereocenters. The van der Waals surface area contributed by atoms with Crippen LogP contribution < -0.4 is 9.64 Å². The number of benzene rings is 1. The van der Waals surface area contributed by atoms with Gasteiger partial charge in [0, 0.05) is 43.8 Å². The Balaban J connectivity index is 1.41. The van der Waals surface area contributed by atoms with Crippen molar-refractivity contribution in [3.63, 3.8) is 0 Å². The second-order valence-electron chi connectivity index (χ2n) is 6.69. The highest BCUT2D eigenvalue weighted by atomic mass is 35.5. The zero-order valence-electron chi connectivity index (χ0n) is 15.6. The fourth-order valence-electron chi connectivity index (χ4n) is 3.15. The van der Waals surface area contributed by atoms with E-state index in [-0.39, 0.29) is 5.91 Å². The Hall–Kier alpha value is -1.69. The lowest BCUT2D eigenvalue weighted by Gasteiger charge is -2.35. The van der Waals surface area contributed by atoms with Crippen molar-refractivity contribution in [2.75, 3.05) is 37.7 Å². The van der Waals surface area contributed by atoms with Crippen molar-refractivity contribution in [3.8, 4) is 5.75 Å². The van der Waals surface area contributed by atoms with Crippen molar-refractivity contribution in [2.45, 2.75) is 19.8 Å². The average Bonchev–Trinajstić information content (AvgIpc) is 2.66. The van der Waals surface area contributed by atoms with Crippen molar-refractivity contribution >= 4 is 46.5 Å². The van der Waals surface area contributed by atoms with E-state index in [1.807, 2.05) is 24.0 Å². The third-order valence-corrected chi connectivity index (χ3v) is 5.37. The monoisotopic (exact) mass is 441 g/mol. The summed E-state index contributed by atoms with van der Waals surface area (Å²) in [5.74, 6) is 1.66. The molecule has 0 N–H and O–H groups in total. The van der Waals surface area contributed by atoms with E-state index in [0.29, 0.717) is 66.5 Å². The van der Waals surface area contributed by atoms with Gasteiger partial charge in [-0.2, -0.15) is 0 Å². The van der Waals surface area contributed by atoms with Gasteiger partial charge in [0.05, 0.1) is 16.7 Å². The van der Waals surface area contributed by atoms with Crippen molar-refractivity contribution in [2.24, 2.45) is 0 Å². The molecule has 1 aromatic heterocycles. The molecule has 0 aliphatic carbocycles. The van der Waals surface area contributed by atoms with Crippen LogP contribution in [-0.2, 0) is 4.79 Å². The van der Waals surface area contributed by atoms with E-state index in [2.05, 4.69) is 9.88 Å². The number of anilines is 1. The molecule has 1 aliphatic rings. The highest BCUT2D eigenvalue weighted by Gasteiger charge is 2.23. The zero-order chi connectivity index (χ0) is 20.1. The first-order valence-corrected chi connectivity index (χ1v) is 10.3. The Morgan fingerprint density at radius 1 is 1.11 bits per heavy atom. The molecule has 5 nitrogen and oxygen atoms in total. The van der Waals surface area contributed by atoms with Crippen LogP contribution in [0.1, 0.15) is 18.4 Å². The number of nitrogens with zero attached hydrogens (tertiary/aromatic N) is 3. The van der Waals surface area contributed by atoms with E-state index < -0.39 is 0 Å². The Bertz CT molecular complexity index is 839. The number of amides is 1. The molecular formula is C20H22Cl3N3O2. The average molecular weight is 443 g/mol. The van der Waals surface area contributed by atoms with E-state index in [1.54, 1.807) is 18.3 Å². The zero-order valence-corrected chi connectivity index (χ0v) is 17.9. The van der Waals surface area contributed by atoms with Crippen LogP contribution in [0, 0.1) is 6.92 Å². The summed E-state index contributed by atoms with van der Waals surface area (Å²) in [4.78, 5) is 20.7. The van der Waals surface area contributed by atoms with E-state index in [0.717, 1.165) is 11.3 Å². The summed E-state index contributed by atoms with van der Waals surface area (Å²) in [6.07, 6.45) is 2.72. The molecule has 2 aromatic rings. The van der Waals surface area contributed by atoms with Crippen molar-refractivity contribution in [1.29, 1.82) is 0 Å². The smallest absolute Gasteiger partial charge is 0.222 e. The van der Waals surface area contributed by atoms with E-state index in [4.69, 9.17) is 39.5 Å². The van der Waals surface area contributed by atoms with Crippen LogP contribution in [0.4, 0.5) is 5.82 Å². The molecule has 1 fully saturated rings. The number of carbonyl (C=O) groups excluding carboxylic acids is 1. The van der Waals surface area contributed by atoms with E-state index in [1.165, 1.54) is 0 Å². The largest absolute Gasteiger partial charge is 0.493 e. The van der Waals surface area contributed by atoms with Gasteiger partial charge in [0.15, 0.2) is 0 Å². The van der Waals surface area contributed by atoms with Gasteiger partial charge in [-0.1, -0.05) is 34.8 Å². The Kier molecular flexibility index (Phi) is 7.27. The molecule has 1 saturated heterocycles. The van der Waals surface area contributed by atoms with Crippen LogP contribution in [0.2, 0.25) is 15.1 Å². The molecule has 2 heterocycles. The molecule has 1 aromatic carbocycles. The van der Waals surface area contributed by atoms with Crippen LogP contribution in [0.3, 0.4) is 0 Å². The first kappa shape index (κ1) is 21.0. The maximum absolute atomic E-state index is 12.5. The van der Waals surface area contributed by atoms with Crippen LogP contribution in [0.25, 0.3) is 0 Å². The normalized spacial score (nSPS) is 14.3. The summed E-state index contributed by atoms with van der Waals surface area (Å²) in [6, 6.07) is 7.21. The van der Waals surface area contributed by atoms with Crippen LogP contribution in [0.5, 0.6) is 5.75 Å². The Labute approximate surface area is 180 Å². The van der Waals surface area contributed by atoms with Crippen LogP contribution in [-0.4, -0.2) is 48.6 Å². The Morgan fingerprint density at radius 3 is 2.54 bits per heavy atom. The summed E-state index contributed by atoms with van der Waals surface area (Å²) in [5.41, 5.74) is 0.990. The van der Waals surface area contributed by atoms with Gasteiger partial charge in [-0.3, -0.25) is 4.79 Å². The van der Waals surface area contributed by atoms with Crippen LogP contribution in [0.15, 0.2) is 30.5 Å². The number of carbonyl (C=O) groups is 1. The van der Waals surface area contributed by atoms with Crippen LogP contribution >= 0.6 is 34.8 Å². The third-order valence-electron chi connectivity index (χ3n) is 4.65. The van der Waals surface area contributed by atoms with Gasteiger partial charge < -0.3 is 14.5 Å². The number of hydrogen-bond donors (Lipinski definition) is 0. The van der Waals surface area contributed by atoms with Gasteiger partial charge in [0.25, 0.3) is 0 Å². The molecule has 150 valence electrons. The van der Waals surface area contributed by atoms with Gasteiger partial charge in [0.2, 0.25) is 5.91 Å². The van der Waals surface area contributed by atoms with Gasteiger partial charge in [-0.15, -0.1) is 0 Å². The topological polar surface area (TPSA) is 45.7 Å². The molecule has 0 saturated carbocycles. The molecule has 1 amide bonds. The minimum absolute atomic E-state index is 0.145. The molecule has 0 radical (unpaired) electrons. The molecule has 8 heteroatoms. The summed E-state index contributed by atoms with van der Waals surface area (Å²) in [7, 11) is 0. The highest BCUT2D eigenvalue weighted by Crippen LogP contribution is 2.27. The summed E-state index contributed by atoms with van der Waals surface area (Å²) in [6.45, 7) is 5.14. The second-order valence-corrected chi connectivity index (χ2v) is 7.97. The number of pyridine rings is 1. The predicted molar refractivity (Wildman–Crippen MR) is 114 cm³/mol. The molecule has 1 aliphatic heterocycles. The van der Waals surface area contributed by atoms with Crippen molar-refractivity contribution < 1.29 is 9.53 Å². The lowest BCUT2D eigenvalue weighted by atomic mass is 10.2. The number of ether oxygens (including phenoxy) is 1. The van der Waals surface area contributed by atoms with Gasteiger partial charge >= 0.3 is 0 Å². The van der Waals surface area contributed by atoms with E-state index >= 15 is 0 Å². The molecule has 0 unspecified atom stereocenters. The number of halogens is 3. The lowest BCUT2D eigenvalue weighted by molar-refractivity contribution is -0.131. The predicted octanol–water partition coefficient (Wildman–Crippen LogP) is 4.86. The van der Waals surface area contributed by atoms with Gasteiger partial charge in [-0.05, 0) is 43.2 Å². The maximum atomic E-state index is 12.5. The molecular weight excluding hydrogens is 421 g/mol. The number of aryl methyl sites for hydroxylation is 1. The van der Waals surface area contributed by atoms with Gasteiger partial charge in [0.1, 0.15) is 11.6 Å². The standard InChI is InChI=1S/C20H22Cl3N3O2/c1-14-11-15(21)4-5-18(14)28-10-2-3-19(27)25-6-8-26(9-7-25)20-17(23)12-16(22)13-24-20/h4-5,11-13H,2-3,6-10H2,1H3. The first-order chi connectivity index (χ1) is 13.4. The third kappa shape index (κ3) is 5.43. The lowest BCUT2D eigenvalue weighted by Crippen LogP contribution is -2.49. The first-order valence-electron chi connectivity index (χ1n) is 9.17. The minimum Gasteiger partial charge on any atom is -0.493 e. The maximum Gasteiger partial charge on any atom is 0.222 e. The number of piperazine rings is 1. The highest BCUT2D eigenvalue weighted by molar-refractivity contribution is 6.36. The quantitative estimate of drug-likeness (QED) is 0.600. The Morgan fingerprint density at radius 2 is 1.86 bits per heavy atom. The van der Waals surface area contributed by atoms with Crippen molar-refractivity contribution in [1.82, 2.24) is 9.88 Å². The number of rotatable bonds is 6. The van der Waals surface area contributed by atoms with E-state index in [9.17, 15) is 4.79 Å². The minimum atomic E-state index is 0.145. The second kappa shape index (κ2) is 9.68. The molecule has 28 heavy (non-hydrogen) atoms. The summed E-state index contributed by atoms with van der Waals surface area (Å²) >= 11 is 18.1. The molecule has 3 rings (SSSR count). The summed E-state index contributed by atoms with van der Waals surface area (Å²) in [5, 5.41) is 1.73. The number of aromatic nitrogens is 1. The summed E-state index contributed by atoms with van der Waals surface area (Å²) < 4.78 is 5.76. The van der Waals surface area contributed by atoms with Crippen molar-refractivity contribution in [3.05, 3.63) is 51.1 Å². The molecule has 0 bridgehead atoms. The SMILES string of the molecule is Cc1cc(Cl)ccc1OCCCC(=O)N1CCN(c2ncc(Cl)cc2Cl)CC1.